The first-order valence-electron chi connectivity index (χ1n) is 7.86. The van der Waals surface area contributed by atoms with Crippen molar-refractivity contribution in [3.05, 3.63) is 53.1 Å². The van der Waals surface area contributed by atoms with Gasteiger partial charge in [-0.3, -0.25) is 9.59 Å². The molecule has 1 aliphatic heterocycles. The van der Waals surface area contributed by atoms with Crippen molar-refractivity contribution < 1.29 is 19.1 Å². The number of hydrogen-bond acceptors (Lipinski definition) is 4. The number of hydrogen-bond donors (Lipinski definition) is 0. The number of benzene rings is 2. The van der Waals surface area contributed by atoms with Crippen LogP contribution in [-0.2, 0) is 16.0 Å². The highest BCUT2D eigenvalue weighted by atomic mass is 35.5. The van der Waals surface area contributed by atoms with Gasteiger partial charge in [0.1, 0.15) is 11.5 Å². The lowest BCUT2D eigenvalue weighted by molar-refractivity contribution is -0.122. The highest BCUT2D eigenvalue weighted by Gasteiger charge is 2.40. The van der Waals surface area contributed by atoms with Crippen LogP contribution in [0.15, 0.2) is 42.5 Å². The summed E-state index contributed by atoms with van der Waals surface area (Å²) in [6.07, 6.45) is 0.659. The highest BCUT2D eigenvalue weighted by Crippen LogP contribution is 2.37. The van der Waals surface area contributed by atoms with E-state index in [0.717, 1.165) is 5.56 Å². The summed E-state index contributed by atoms with van der Waals surface area (Å²) < 4.78 is 10.5. The van der Waals surface area contributed by atoms with E-state index in [0.29, 0.717) is 28.6 Å². The van der Waals surface area contributed by atoms with Gasteiger partial charge < -0.3 is 9.47 Å². The summed E-state index contributed by atoms with van der Waals surface area (Å²) in [4.78, 5) is 26.5. The van der Waals surface area contributed by atoms with E-state index >= 15 is 0 Å². The number of carbonyl (C=O) groups excluding carboxylic acids is 2. The van der Waals surface area contributed by atoms with Crippen LogP contribution in [0.4, 0.5) is 5.69 Å². The number of rotatable bonds is 5. The van der Waals surface area contributed by atoms with Crippen LogP contribution in [0.5, 0.6) is 11.5 Å². The minimum atomic E-state index is -0.399. The van der Waals surface area contributed by atoms with Gasteiger partial charge in [0.2, 0.25) is 11.8 Å². The second-order valence-electron chi connectivity index (χ2n) is 5.84. The lowest BCUT2D eigenvalue weighted by atomic mass is 9.98. The molecule has 1 heterocycles. The van der Waals surface area contributed by atoms with E-state index in [1.165, 1.54) is 19.1 Å². The molecule has 0 unspecified atom stereocenters. The maximum Gasteiger partial charge on any atom is 0.237 e. The van der Waals surface area contributed by atoms with Crippen molar-refractivity contribution in [3.8, 4) is 11.5 Å². The maximum absolute atomic E-state index is 12.8. The number of nitrogens with zero attached hydrogens (tertiary/aromatic N) is 1. The third kappa shape index (κ3) is 3.46. The van der Waals surface area contributed by atoms with Crippen molar-refractivity contribution in [2.45, 2.75) is 12.8 Å². The van der Waals surface area contributed by atoms with Gasteiger partial charge in [0.15, 0.2) is 0 Å². The van der Waals surface area contributed by atoms with Crippen LogP contribution >= 0.6 is 11.6 Å². The van der Waals surface area contributed by atoms with Crippen LogP contribution in [0.25, 0.3) is 0 Å². The fourth-order valence-corrected chi connectivity index (χ4v) is 3.11. The van der Waals surface area contributed by atoms with E-state index in [2.05, 4.69) is 0 Å². The van der Waals surface area contributed by atoms with Crippen LogP contribution in [-0.4, -0.2) is 26.0 Å². The molecule has 2 aromatic carbocycles. The zero-order valence-electron chi connectivity index (χ0n) is 14.0. The fourth-order valence-electron chi connectivity index (χ4n) is 2.98. The summed E-state index contributed by atoms with van der Waals surface area (Å²) in [7, 11) is 3.03. The van der Waals surface area contributed by atoms with Gasteiger partial charge in [-0.25, -0.2) is 4.90 Å². The zero-order chi connectivity index (χ0) is 18.0. The van der Waals surface area contributed by atoms with Crippen LogP contribution < -0.4 is 14.4 Å². The van der Waals surface area contributed by atoms with Crippen molar-refractivity contribution in [1.29, 1.82) is 0 Å². The quantitative estimate of drug-likeness (QED) is 0.767. The number of anilines is 1. The Balaban J connectivity index is 1.87. The number of carbonyl (C=O) groups is 2. The molecule has 5 nitrogen and oxygen atoms in total. The number of imide groups is 1. The number of amides is 2. The van der Waals surface area contributed by atoms with E-state index < -0.39 is 5.92 Å². The molecular formula is C19H18ClNO4. The first kappa shape index (κ1) is 17.3. The molecule has 0 saturated carbocycles. The zero-order valence-corrected chi connectivity index (χ0v) is 14.7. The topological polar surface area (TPSA) is 55.8 Å². The lowest BCUT2D eigenvalue weighted by Crippen LogP contribution is -2.31. The standard InChI is InChI=1S/C19H18ClNO4/c1-24-15-7-8-17(25-2)16(11-15)21-18(22)10-13(19(21)23)9-12-3-5-14(20)6-4-12/h3-8,11,13H,9-10H2,1-2H3/t13-/m1/s1. The van der Waals surface area contributed by atoms with Gasteiger partial charge in [-0.1, -0.05) is 23.7 Å². The molecule has 2 amide bonds. The molecule has 0 aromatic heterocycles. The van der Waals surface area contributed by atoms with E-state index in [1.807, 2.05) is 12.1 Å². The first-order valence-corrected chi connectivity index (χ1v) is 8.24. The Morgan fingerprint density at radius 2 is 1.80 bits per heavy atom. The van der Waals surface area contributed by atoms with Crippen LogP contribution in [0, 0.1) is 5.92 Å². The van der Waals surface area contributed by atoms with E-state index in [9.17, 15) is 9.59 Å². The lowest BCUT2D eigenvalue weighted by Gasteiger charge is -2.19. The average Bonchev–Trinajstić information content (AvgIpc) is 2.89. The van der Waals surface area contributed by atoms with Gasteiger partial charge in [0, 0.05) is 17.5 Å². The van der Waals surface area contributed by atoms with Crippen molar-refractivity contribution in [2.24, 2.45) is 5.92 Å². The molecule has 130 valence electrons. The Labute approximate surface area is 151 Å². The second kappa shape index (κ2) is 7.15. The minimum Gasteiger partial charge on any atom is -0.497 e. The molecule has 0 N–H and O–H groups in total. The molecule has 0 aliphatic carbocycles. The van der Waals surface area contributed by atoms with Gasteiger partial charge in [0.25, 0.3) is 0 Å². The Morgan fingerprint density at radius 1 is 1.08 bits per heavy atom. The SMILES string of the molecule is COc1ccc(OC)c(N2C(=O)C[C@@H](Cc3ccc(Cl)cc3)C2=O)c1. The average molecular weight is 360 g/mol. The molecule has 6 heteroatoms. The molecular weight excluding hydrogens is 342 g/mol. The Morgan fingerprint density at radius 3 is 2.44 bits per heavy atom. The summed E-state index contributed by atoms with van der Waals surface area (Å²) in [5.74, 6) is 0.138. The normalized spacial score (nSPS) is 17.1. The predicted octanol–water partition coefficient (Wildman–Crippen LogP) is 3.48. The van der Waals surface area contributed by atoms with E-state index in [-0.39, 0.29) is 18.2 Å². The molecule has 3 rings (SSSR count). The molecule has 0 radical (unpaired) electrons. The Kier molecular flexibility index (Phi) is 4.95. The molecule has 1 aliphatic rings. The van der Waals surface area contributed by atoms with Gasteiger partial charge in [-0.05, 0) is 36.2 Å². The largest absolute Gasteiger partial charge is 0.497 e. The van der Waals surface area contributed by atoms with Crippen molar-refractivity contribution in [3.63, 3.8) is 0 Å². The van der Waals surface area contributed by atoms with Gasteiger partial charge in [-0.2, -0.15) is 0 Å². The van der Waals surface area contributed by atoms with E-state index in [1.54, 1.807) is 30.3 Å². The maximum atomic E-state index is 12.8. The monoisotopic (exact) mass is 359 g/mol. The van der Waals surface area contributed by atoms with Crippen LogP contribution in [0.2, 0.25) is 5.02 Å². The first-order chi connectivity index (χ1) is 12.0. The van der Waals surface area contributed by atoms with Crippen molar-refractivity contribution in [1.82, 2.24) is 0 Å². The fraction of sp³-hybridized carbons (Fsp3) is 0.263. The molecule has 0 spiro atoms. The Hall–Kier alpha value is -2.53. The van der Waals surface area contributed by atoms with Crippen molar-refractivity contribution in [2.75, 3.05) is 19.1 Å². The van der Waals surface area contributed by atoms with E-state index in [4.69, 9.17) is 21.1 Å². The third-order valence-corrected chi connectivity index (χ3v) is 4.51. The van der Waals surface area contributed by atoms with Crippen molar-refractivity contribution >= 4 is 29.1 Å². The summed E-state index contributed by atoms with van der Waals surface area (Å²) >= 11 is 5.89. The minimum absolute atomic E-state index is 0.168. The van der Waals surface area contributed by atoms with Crippen LogP contribution in [0.3, 0.4) is 0 Å². The summed E-state index contributed by atoms with van der Waals surface area (Å²) in [5.41, 5.74) is 1.38. The molecule has 1 fully saturated rings. The summed E-state index contributed by atoms with van der Waals surface area (Å²) in [6, 6.07) is 12.3. The highest BCUT2D eigenvalue weighted by molar-refractivity contribution is 6.30. The predicted molar refractivity (Wildman–Crippen MR) is 95.3 cm³/mol. The molecule has 1 atom stereocenters. The second-order valence-corrected chi connectivity index (χ2v) is 6.27. The number of halogens is 1. The Bertz CT molecular complexity index is 804. The molecule has 0 bridgehead atoms. The van der Waals surface area contributed by atoms with Crippen LogP contribution in [0.1, 0.15) is 12.0 Å². The molecule has 25 heavy (non-hydrogen) atoms. The summed E-state index contributed by atoms with van der Waals surface area (Å²) in [6.45, 7) is 0. The van der Waals surface area contributed by atoms with Gasteiger partial charge in [0.05, 0.1) is 25.8 Å². The molecule has 2 aromatic rings. The smallest absolute Gasteiger partial charge is 0.237 e. The molecule has 1 saturated heterocycles. The number of ether oxygens (including phenoxy) is 2. The van der Waals surface area contributed by atoms with Gasteiger partial charge in [-0.15, -0.1) is 0 Å². The van der Waals surface area contributed by atoms with Gasteiger partial charge >= 0.3 is 0 Å². The summed E-state index contributed by atoms with van der Waals surface area (Å²) in [5, 5.41) is 0.639. The number of methoxy groups -OCH3 is 2. The third-order valence-electron chi connectivity index (χ3n) is 4.26.